The van der Waals surface area contributed by atoms with Gasteiger partial charge in [-0.2, -0.15) is 0 Å². The predicted molar refractivity (Wildman–Crippen MR) is 57.5 cm³/mol. The third-order valence-electron chi connectivity index (χ3n) is 0.910. The Bertz CT molecular complexity index is 190. The van der Waals surface area contributed by atoms with Gasteiger partial charge in [0.15, 0.2) is 5.76 Å². The molecule has 0 aromatic carbocycles. The Balaban J connectivity index is 0. The van der Waals surface area contributed by atoms with Crippen LogP contribution in [0.1, 0.15) is 13.8 Å². The number of hydrogen-bond donors (Lipinski definition) is 1. The maximum absolute atomic E-state index is 8.90. The van der Waals surface area contributed by atoms with Gasteiger partial charge in [-0.3, -0.25) is 0 Å². The van der Waals surface area contributed by atoms with Gasteiger partial charge >= 0.3 is 0 Å². The first-order valence-electron chi connectivity index (χ1n) is 4.17. The molecule has 0 atom stereocenters. The van der Waals surface area contributed by atoms with Crippen molar-refractivity contribution in [2.45, 2.75) is 13.8 Å². The van der Waals surface area contributed by atoms with Gasteiger partial charge in [-0.15, -0.1) is 0 Å². The minimum atomic E-state index is -0.105. The van der Waals surface area contributed by atoms with Gasteiger partial charge in [0.05, 0.1) is 0 Å². The molecule has 0 amide bonds. The van der Waals surface area contributed by atoms with Crippen molar-refractivity contribution in [1.82, 2.24) is 0 Å². The molecule has 1 N–H and O–H groups in total. The van der Waals surface area contributed by atoms with E-state index in [2.05, 4.69) is 19.7 Å². The molecule has 2 nitrogen and oxygen atoms in total. The van der Waals surface area contributed by atoms with E-state index in [1.54, 1.807) is 6.08 Å². The van der Waals surface area contributed by atoms with Crippen LogP contribution in [0.15, 0.2) is 49.5 Å². The van der Waals surface area contributed by atoms with Crippen LogP contribution in [-0.2, 0) is 4.74 Å². The summed E-state index contributed by atoms with van der Waals surface area (Å²) < 4.78 is 5.02. The van der Waals surface area contributed by atoms with Gasteiger partial charge in [-0.25, -0.2) is 0 Å². The minimum absolute atomic E-state index is 0.105. The van der Waals surface area contributed by atoms with Crippen molar-refractivity contribution in [2.75, 3.05) is 6.61 Å². The number of aliphatic hydroxyl groups is 1. The van der Waals surface area contributed by atoms with E-state index < -0.39 is 0 Å². The van der Waals surface area contributed by atoms with Crippen molar-refractivity contribution < 1.29 is 9.84 Å². The smallest absolute Gasteiger partial charge is 0.160 e. The van der Waals surface area contributed by atoms with Crippen molar-refractivity contribution in [1.29, 1.82) is 0 Å². The van der Waals surface area contributed by atoms with E-state index in [-0.39, 0.29) is 5.76 Å². The largest absolute Gasteiger partial charge is 0.505 e. The Morgan fingerprint density at radius 1 is 1.38 bits per heavy atom. The van der Waals surface area contributed by atoms with E-state index in [4.69, 9.17) is 9.84 Å². The SMILES string of the molecule is C=C/C=C(/OCC=C)C(=C)O.CC. The molecule has 0 aliphatic rings. The molecular formula is C11H18O2. The first kappa shape index (κ1) is 14.1. The zero-order valence-electron chi connectivity index (χ0n) is 8.42. The zero-order valence-corrected chi connectivity index (χ0v) is 8.42. The van der Waals surface area contributed by atoms with Crippen LogP contribution in [0.5, 0.6) is 0 Å². The van der Waals surface area contributed by atoms with Crippen molar-refractivity contribution in [3.8, 4) is 0 Å². The Kier molecular flexibility index (Phi) is 11.5. The Labute approximate surface area is 80.5 Å². The molecule has 0 aromatic heterocycles. The van der Waals surface area contributed by atoms with Crippen LogP contribution >= 0.6 is 0 Å². The van der Waals surface area contributed by atoms with E-state index >= 15 is 0 Å². The highest BCUT2D eigenvalue weighted by atomic mass is 16.5. The summed E-state index contributed by atoms with van der Waals surface area (Å²) in [6, 6.07) is 0. The van der Waals surface area contributed by atoms with Gasteiger partial charge in [0.25, 0.3) is 0 Å². The van der Waals surface area contributed by atoms with Gasteiger partial charge in [0.2, 0.25) is 0 Å². The van der Waals surface area contributed by atoms with Gasteiger partial charge in [-0.1, -0.05) is 45.7 Å². The Hall–Kier alpha value is -1.44. The predicted octanol–water partition coefficient (Wildman–Crippen LogP) is 3.36. The number of allylic oxidation sites excluding steroid dienone is 2. The highest BCUT2D eigenvalue weighted by Gasteiger charge is 1.97. The third kappa shape index (κ3) is 8.47. The molecule has 0 aliphatic heterocycles. The van der Waals surface area contributed by atoms with Crippen LogP contribution in [-0.4, -0.2) is 11.7 Å². The van der Waals surface area contributed by atoms with Crippen LogP contribution < -0.4 is 0 Å². The van der Waals surface area contributed by atoms with Crippen molar-refractivity contribution >= 4 is 0 Å². The average Bonchev–Trinajstić information content (AvgIpc) is 2.15. The summed E-state index contributed by atoms with van der Waals surface area (Å²) >= 11 is 0. The lowest BCUT2D eigenvalue weighted by Gasteiger charge is -2.04. The lowest BCUT2D eigenvalue weighted by Crippen LogP contribution is -1.94. The average molecular weight is 182 g/mol. The van der Waals surface area contributed by atoms with Gasteiger partial charge in [0, 0.05) is 0 Å². The number of ether oxygens (including phenoxy) is 1. The topological polar surface area (TPSA) is 29.5 Å². The fourth-order valence-electron chi connectivity index (χ4n) is 0.483. The molecule has 0 heterocycles. The lowest BCUT2D eigenvalue weighted by molar-refractivity contribution is 0.224. The van der Waals surface area contributed by atoms with Crippen LogP contribution in [0, 0.1) is 0 Å². The molecule has 74 valence electrons. The second-order valence-electron chi connectivity index (χ2n) is 1.81. The molecule has 0 saturated carbocycles. The quantitative estimate of drug-likeness (QED) is 0.401. The monoisotopic (exact) mass is 182 g/mol. The second-order valence-corrected chi connectivity index (χ2v) is 1.81. The molecule has 0 aliphatic carbocycles. The molecule has 2 heteroatoms. The third-order valence-corrected chi connectivity index (χ3v) is 0.910. The molecule has 0 unspecified atom stereocenters. The van der Waals surface area contributed by atoms with Crippen LogP contribution in [0.2, 0.25) is 0 Å². The summed E-state index contributed by atoms with van der Waals surface area (Å²) in [6.45, 7) is 14.6. The van der Waals surface area contributed by atoms with Gasteiger partial charge in [-0.05, 0) is 6.08 Å². The molecular weight excluding hydrogens is 164 g/mol. The van der Waals surface area contributed by atoms with E-state index in [1.165, 1.54) is 12.2 Å². The van der Waals surface area contributed by atoms with Gasteiger partial charge in [0.1, 0.15) is 12.4 Å². The van der Waals surface area contributed by atoms with Crippen molar-refractivity contribution in [3.05, 3.63) is 49.5 Å². The fraction of sp³-hybridized carbons (Fsp3) is 0.273. The van der Waals surface area contributed by atoms with Crippen molar-refractivity contribution in [2.24, 2.45) is 0 Å². The highest BCUT2D eigenvalue weighted by molar-refractivity contribution is 5.19. The molecule has 13 heavy (non-hydrogen) atoms. The molecule has 0 aromatic rings. The normalized spacial score (nSPS) is 9.23. The standard InChI is InChI=1S/C9H12O2.C2H6/c1-4-6-9(8(3)10)11-7-5-2;1-2/h4-6,10H,1-3,7H2;1-2H3/b9-6+;. The highest BCUT2D eigenvalue weighted by Crippen LogP contribution is 2.05. The fourth-order valence-corrected chi connectivity index (χ4v) is 0.483. The number of aliphatic hydroxyl groups excluding tert-OH is 1. The number of hydrogen-bond acceptors (Lipinski definition) is 2. The first-order valence-corrected chi connectivity index (χ1v) is 4.17. The van der Waals surface area contributed by atoms with E-state index in [0.717, 1.165) is 0 Å². The lowest BCUT2D eigenvalue weighted by atomic mass is 10.4. The van der Waals surface area contributed by atoms with Crippen molar-refractivity contribution in [3.63, 3.8) is 0 Å². The van der Waals surface area contributed by atoms with Crippen LogP contribution in [0.4, 0.5) is 0 Å². The summed E-state index contributed by atoms with van der Waals surface area (Å²) in [7, 11) is 0. The van der Waals surface area contributed by atoms with E-state index in [9.17, 15) is 0 Å². The first-order chi connectivity index (χ1) is 6.22. The molecule has 0 spiro atoms. The van der Waals surface area contributed by atoms with E-state index in [0.29, 0.717) is 12.4 Å². The molecule has 0 bridgehead atoms. The minimum Gasteiger partial charge on any atom is -0.505 e. The maximum Gasteiger partial charge on any atom is 0.160 e. The summed E-state index contributed by atoms with van der Waals surface area (Å²) in [5.74, 6) is 0.214. The van der Waals surface area contributed by atoms with E-state index in [1.807, 2.05) is 13.8 Å². The Morgan fingerprint density at radius 2 is 1.92 bits per heavy atom. The zero-order chi connectivity index (χ0) is 10.7. The number of rotatable bonds is 5. The molecule has 0 rings (SSSR count). The molecule has 0 saturated heterocycles. The summed E-state index contributed by atoms with van der Waals surface area (Å²) in [6.07, 6.45) is 4.63. The molecule has 0 radical (unpaired) electrons. The second kappa shape index (κ2) is 10.6. The molecule has 0 fully saturated rings. The summed E-state index contributed by atoms with van der Waals surface area (Å²) in [5.41, 5.74) is 0. The summed E-state index contributed by atoms with van der Waals surface area (Å²) in [4.78, 5) is 0. The van der Waals surface area contributed by atoms with Crippen LogP contribution in [0.25, 0.3) is 0 Å². The summed E-state index contributed by atoms with van der Waals surface area (Å²) in [5, 5.41) is 8.90. The van der Waals surface area contributed by atoms with Gasteiger partial charge < -0.3 is 9.84 Å². The Morgan fingerprint density at radius 3 is 2.23 bits per heavy atom. The maximum atomic E-state index is 8.90. The van der Waals surface area contributed by atoms with Crippen LogP contribution in [0.3, 0.4) is 0 Å².